The molecule has 0 saturated heterocycles. The summed E-state index contributed by atoms with van der Waals surface area (Å²) in [6, 6.07) is 117. The van der Waals surface area contributed by atoms with Crippen LogP contribution in [0, 0.1) is 0 Å². The molecule has 2 unspecified atom stereocenters. The maximum atomic E-state index is 2.70. The number of benzene rings is 14. The lowest BCUT2D eigenvalue weighted by Gasteiger charge is -2.45. The Morgan fingerprint density at radius 3 is 1.08 bits per heavy atom. The topological polar surface area (TPSA) is 6.48 Å². The van der Waals surface area contributed by atoms with Gasteiger partial charge in [-0.2, -0.15) is 0 Å². The van der Waals surface area contributed by atoms with E-state index in [0.717, 1.165) is 11.4 Å². The van der Waals surface area contributed by atoms with Crippen molar-refractivity contribution in [2.24, 2.45) is 0 Å². The fourth-order valence-electron chi connectivity index (χ4n) is 16.4. The van der Waals surface area contributed by atoms with Crippen molar-refractivity contribution in [1.82, 2.24) is 0 Å². The normalized spacial score (nSPS) is 14.7. The highest BCUT2D eigenvalue weighted by molar-refractivity contribution is 7.30. The monoisotopic (exact) mass is 1190 g/mol. The van der Waals surface area contributed by atoms with Crippen LogP contribution in [-0.4, -0.2) is 6.71 Å². The van der Waals surface area contributed by atoms with E-state index in [4.69, 9.17) is 0 Å². The summed E-state index contributed by atoms with van der Waals surface area (Å²) < 4.78 is 5.23. The SMILES string of the molecule is c1ccc(-c2cc3c4c(c2)N(c2ccc5c(c2)C(c2ccccc2)c2ccccc2-5)c2cc(-c5ccccc5)c5c(sc6ccccc65)c2B4c2c(cc(-c4ccccc4)c4c2sc2ccccc24)N3c2ccc3c(c2)C(c2ccccc2)c2ccccc2-3)cc1. The largest absolute Gasteiger partial charge is 0.311 e. The van der Waals surface area contributed by atoms with Gasteiger partial charge in [-0.1, -0.05) is 249 Å². The fourth-order valence-corrected chi connectivity index (χ4v) is 19.0. The Kier molecular flexibility index (Phi) is 11.1. The van der Waals surface area contributed by atoms with Crippen molar-refractivity contribution in [2.75, 3.05) is 9.80 Å². The molecular formula is C86H53BN2S2. The number of hydrogen-bond donors (Lipinski definition) is 0. The van der Waals surface area contributed by atoms with Crippen molar-refractivity contribution in [2.45, 2.75) is 11.8 Å². The Morgan fingerprint density at radius 2 is 0.626 bits per heavy atom. The molecule has 5 heteroatoms. The second-order valence-corrected chi connectivity index (χ2v) is 27.0. The molecule has 20 rings (SSSR count). The first kappa shape index (κ1) is 51.1. The van der Waals surface area contributed by atoms with Gasteiger partial charge < -0.3 is 9.80 Å². The third-order valence-electron chi connectivity index (χ3n) is 20.2. The van der Waals surface area contributed by atoms with Gasteiger partial charge in [0.25, 0.3) is 6.71 Å². The minimum atomic E-state index is -0.195. The minimum Gasteiger partial charge on any atom is -0.311 e. The quantitative estimate of drug-likeness (QED) is 0.147. The summed E-state index contributed by atoms with van der Waals surface area (Å²) in [7, 11) is 0. The lowest BCUT2D eigenvalue weighted by Crippen LogP contribution is -2.61. The third kappa shape index (κ3) is 7.48. The maximum absolute atomic E-state index is 2.70. The lowest BCUT2D eigenvalue weighted by molar-refractivity contribution is 1.01. The zero-order valence-electron chi connectivity index (χ0n) is 49.4. The van der Waals surface area contributed by atoms with E-state index >= 15 is 0 Å². The summed E-state index contributed by atoms with van der Waals surface area (Å²) >= 11 is 3.93. The van der Waals surface area contributed by atoms with Crippen LogP contribution in [0.15, 0.2) is 309 Å². The molecule has 0 bridgehead atoms. The molecule has 4 aliphatic rings. The molecule has 2 nitrogen and oxygen atoms in total. The van der Waals surface area contributed by atoms with Gasteiger partial charge in [-0.05, 0) is 166 Å². The molecule has 0 fully saturated rings. The highest BCUT2D eigenvalue weighted by Gasteiger charge is 2.48. The molecule has 422 valence electrons. The molecule has 0 spiro atoms. The second-order valence-electron chi connectivity index (χ2n) is 24.9. The Bertz CT molecular complexity index is 5350. The van der Waals surface area contributed by atoms with Crippen molar-refractivity contribution < 1.29 is 0 Å². The maximum Gasteiger partial charge on any atom is 0.255 e. The van der Waals surface area contributed by atoms with Gasteiger partial charge in [0.1, 0.15) is 0 Å². The highest BCUT2D eigenvalue weighted by Crippen LogP contribution is 2.57. The van der Waals surface area contributed by atoms with Gasteiger partial charge in [-0.25, -0.2) is 0 Å². The van der Waals surface area contributed by atoms with Crippen LogP contribution in [0.25, 0.3) is 96.0 Å². The zero-order chi connectivity index (χ0) is 59.4. The van der Waals surface area contributed by atoms with Crippen molar-refractivity contribution in [3.8, 4) is 55.6 Å². The number of thiophene rings is 2. The zero-order valence-corrected chi connectivity index (χ0v) is 51.0. The Labute approximate surface area is 536 Å². The first-order valence-electron chi connectivity index (χ1n) is 31.7. The number of hydrogen-bond acceptors (Lipinski definition) is 4. The van der Waals surface area contributed by atoms with E-state index in [1.807, 2.05) is 22.7 Å². The van der Waals surface area contributed by atoms with Gasteiger partial charge in [0.2, 0.25) is 0 Å². The lowest BCUT2D eigenvalue weighted by atomic mass is 9.33. The van der Waals surface area contributed by atoms with Crippen LogP contribution in [0.4, 0.5) is 34.1 Å². The van der Waals surface area contributed by atoms with Crippen LogP contribution in [0.1, 0.15) is 45.2 Å². The summed E-state index contributed by atoms with van der Waals surface area (Å²) in [5, 5.41) is 5.21. The molecule has 2 aromatic heterocycles. The average molecular weight is 1190 g/mol. The first-order valence-corrected chi connectivity index (χ1v) is 33.3. The Morgan fingerprint density at radius 1 is 0.264 bits per heavy atom. The van der Waals surface area contributed by atoms with E-state index in [2.05, 4.69) is 319 Å². The van der Waals surface area contributed by atoms with E-state index in [-0.39, 0.29) is 18.5 Å². The van der Waals surface area contributed by atoms with Gasteiger partial charge in [-0.3, -0.25) is 0 Å². The van der Waals surface area contributed by atoms with Gasteiger partial charge in [-0.15, -0.1) is 22.7 Å². The van der Waals surface area contributed by atoms with Crippen molar-refractivity contribution in [1.29, 1.82) is 0 Å². The smallest absolute Gasteiger partial charge is 0.255 e. The van der Waals surface area contributed by atoms with Crippen molar-refractivity contribution in [3.05, 3.63) is 343 Å². The molecule has 0 N–H and O–H groups in total. The second kappa shape index (κ2) is 19.8. The van der Waals surface area contributed by atoms with Gasteiger partial charge >= 0.3 is 0 Å². The molecule has 2 aliphatic carbocycles. The summed E-state index contributed by atoms with van der Waals surface area (Å²) in [5.74, 6) is 0.124. The van der Waals surface area contributed by atoms with Crippen LogP contribution < -0.4 is 26.2 Å². The van der Waals surface area contributed by atoms with Gasteiger partial charge in [0, 0.05) is 86.3 Å². The van der Waals surface area contributed by atoms with E-state index in [9.17, 15) is 0 Å². The molecule has 0 saturated carbocycles. The molecule has 16 aromatic rings. The summed E-state index contributed by atoms with van der Waals surface area (Å²) in [6.45, 7) is -0.195. The number of nitrogens with zero attached hydrogens (tertiary/aromatic N) is 2. The molecule has 2 aliphatic heterocycles. The van der Waals surface area contributed by atoms with Crippen LogP contribution >= 0.6 is 22.7 Å². The summed E-state index contributed by atoms with van der Waals surface area (Å²) in [4.78, 5) is 5.40. The summed E-state index contributed by atoms with van der Waals surface area (Å²) in [6.07, 6.45) is 0. The predicted molar refractivity (Wildman–Crippen MR) is 388 cm³/mol. The first-order chi connectivity index (χ1) is 45.2. The number of anilines is 6. The standard InChI is InChI=1S/C86H53BN2S2/c1-6-24-52(25-7-1)57-46-72-82-73(47-57)89(59-43-45-63-61-35-17-19-37-65(61)79(71(63)49-59)56-32-14-5-15-33-56)75-51-69(54-28-10-3-11-29-54)81-67-39-21-23-41-77(67)91-86(81)84(75)87(82)83-74(50-68(53-26-8-2-9-27-53)80-66-38-20-22-40-76(66)90-85(80)83)88(72)58-42-44-62-60-34-16-18-36-64(60)78(70(62)48-58)55-30-12-4-13-31-55/h1-51,78-79H. The van der Waals surface area contributed by atoms with Crippen molar-refractivity contribution >= 4 is 120 Å². The van der Waals surface area contributed by atoms with Gasteiger partial charge in [0.15, 0.2) is 0 Å². The highest BCUT2D eigenvalue weighted by atomic mass is 32.1. The Hall–Kier alpha value is -10.8. The van der Waals surface area contributed by atoms with Crippen LogP contribution in [0.2, 0.25) is 0 Å². The molecule has 0 amide bonds. The summed E-state index contributed by atoms with van der Waals surface area (Å²) in [5.41, 5.74) is 31.5. The molecule has 0 radical (unpaired) electrons. The van der Waals surface area contributed by atoms with Crippen LogP contribution in [-0.2, 0) is 0 Å². The Balaban J connectivity index is 0.963. The fraction of sp³-hybridized carbons (Fsp3) is 0.0233. The molecule has 4 heterocycles. The molecule has 91 heavy (non-hydrogen) atoms. The third-order valence-corrected chi connectivity index (χ3v) is 22.6. The van der Waals surface area contributed by atoms with Gasteiger partial charge in [0.05, 0.1) is 0 Å². The molecule has 14 aromatic carbocycles. The minimum absolute atomic E-state index is 0.0620. The van der Waals surface area contributed by atoms with E-state index in [1.165, 1.54) is 168 Å². The van der Waals surface area contributed by atoms with Crippen LogP contribution in [0.3, 0.4) is 0 Å². The van der Waals surface area contributed by atoms with Crippen molar-refractivity contribution in [3.63, 3.8) is 0 Å². The van der Waals surface area contributed by atoms with E-state index in [1.54, 1.807) is 0 Å². The van der Waals surface area contributed by atoms with Crippen LogP contribution in [0.5, 0.6) is 0 Å². The average Bonchev–Trinajstić information content (AvgIpc) is 1.60. The molecular weight excluding hydrogens is 1140 g/mol. The predicted octanol–water partition coefficient (Wildman–Crippen LogP) is 21.8. The van der Waals surface area contributed by atoms with E-state index in [0.29, 0.717) is 0 Å². The molecule has 2 atom stereocenters. The van der Waals surface area contributed by atoms with E-state index < -0.39 is 0 Å². The number of fused-ring (bicyclic) bond motifs is 18. The number of rotatable bonds is 7.